The summed E-state index contributed by atoms with van der Waals surface area (Å²) in [4.78, 5) is 0. The normalized spacial score (nSPS) is 11.8. The van der Waals surface area contributed by atoms with Crippen molar-refractivity contribution in [3.63, 3.8) is 0 Å². The highest BCUT2D eigenvalue weighted by Crippen LogP contribution is 2.30. The monoisotopic (exact) mass is 415 g/mol. The number of ether oxygens (including phenoxy) is 3. The van der Waals surface area contributed by atoms with Crippen LogP contribution in [0.15, 0.2) is 47.6 Å². The molecule has 0 aromatic heterocycles. The Bertz CT molecular complexity index is 809. The fraction of sp³-hybridized carbons (Fsp3) is 0.364. The van der Waals surface area contributed by atoms with Crippen molar-refractivity contribution in [2.75, 3.05) is 20.3 Å². The molecule has 0 bridgehead atoms. The summed E-state index contributed by atoms with van der Waals surface area (Å²) in [6, 6.07) is 13.9. The summed E-state index contributed by atoms with van der Waals surface area (Å²) >= 11 is 4.74. The van der Waals surface area contributed by atoms with Crippen LogP contribution in [0, 0.1) is 0 Å². The van der Waals surface area contributed by atoms with Crippen molar-refractivity contribution in [3.05, 3.63) is 53.6 Å². The van der Waals surface area contributed by atoms with Crippen molar-refractivity contribution in [1.29, 1.82) is 0 Å². The van der Waals surface area contributed by atoms with E-state index < -0.39 is 0 Å². The third-order valence-corrected chi connectivity index (χ3v) is 4.56. The fourth-order valence-electron chi connectivity index (χ4n) is 2.67. The number of nitrogens with zero attached hydrogens (tertiary/aromatic N) is 1. The predicted molar refractivity (Wildman–Crippen MR) is 121 cm³/mol. The molecule has 0 aliphatic rings. The molecule has 2 rings (SSSR count). The first-order chi connectivity index (χ1) is 14.0. The highest BCUT2D eigenvalue weighted by Gasteiger charge is 2.09. The van der Waals surface area contributed by atoms with Crippen LogP contribution in [0.3, 0.4) is 0 Å². The summed E-state index contributed by atoms with van der Waals surface area (Å²) in [7, 11) is 1.60. The zero-order valence-electron chi connectivity index (χ0n) is 17.2. The second kappa shape index (κ2) is 11.9. The standard InChI is InChI=1S/C22H29N3O3S/c1-4-16(2)17-9-11-19(12-10-17)27-13-6-14-28-21-18(15-24-25-22(23)29)7-5-8-20(21)26-3/h5,7-12,15-16H,4,6,13-14H2,1-3H3,(H3,23,25,29). The number of rotatable bonds is 11. The third kappa shape index (κ3) is 7.27. The number of benzene rings is 2. The lowest BCUT2D eigenvalue weighted by Crippen LogP contribution is -2.24. The number of methoxy groups -OCH3 is 1. The second-order valence-electron chi connectivity index (χ2n) is 6.54. The van der Waals surface area contributed by atoms with Crippen LogP contribution in [0.2, 0.25) is 0 Å². The first kappa shape index (κ1) is 22.5. The molecular weight excluding hydrogens is 386 g/mol. The van der Waals surface area contributed by atoms with E-state index in [1.54, 1.807) is 13.3 Å². The molecule has 0 radical (unpaired) electrons. The smallest absolute Gasteiger partial charge is 0.184 e. The molecule has 0 aliphatic heterocycles. The number of nitrogens with two attached hydrogens (primary N) is 1. The average Bonchev–Trinajstić information content (AvgIpc) is 2.73. The molecule has 0 amide bonds. The zero-order chi connectivity index (χ0) is 21.1. The quantitative estimate of drug-likeness (QED) is 0.248. The van der Waals surface area contributed by atoms with E-state index >= 15 is 0 Å². The van der Waals surface area contributed by atoms with Gasteiger partial charge in [0.05, 0.1) is 26.5 Å². The Kier molecular flexibility index (Phi) is 9.24. The Labute approximate surface area is 178 Å². The van der Waals surface area contributed by atoms with E-state index in [0.717, 1.165) is 24.2 Å². The minimum atomic E-state index is 0.0981. The van der Waals surface area contributed by atoms with Gasteiger partial charge in [0.15, 0.2) is 16.6 Å². The van der Waals surface area contributed by atoms with E-state index in [0.29, 0.717) is 30.6 Å². The van der Waals surface area contributed by atoms with Gasteiger partial charge in [-0.25, -0.2) is 0 Å². The van der Waals surface area contributed by atoms with Crippen molar-refractivity contribution in [2.24, 2.45) is 10.8 Å². The van der Waals surface area contributed by atoms with E-state index in [2.05, 4.69) is 36.5 Å². The Morgan fingerprint density at radius 1 is 1.17 bits per heavy atom. The van der Waals surface area contributed by atoms with Crippen LogP contribution in [-0.2, 0) is 0 Å². The first-order valence-corrected chi connectivity index (χ1v) is 10.1. The lowest BCUT2D eigenvalue weighted by molar-refractivity contribution is 0.240. The third-order valence-electron chi connectivity index (χ3n) is 4.47. The van der Waals surface area contributed by atoms with E-state index in [4.69, 9.17) is 32.2 Å². The van der Waals surface area contributed by atoms with E-state index in [-0.39, 0.29) is 5.11 Å². The maximum atomic E-state index is 5.93. The number of hydrogen-bond acceptors (Lipinski definition) is 5. The molecular formula is C22H29N3O3S. The molecule has 2 aromatic carbocycles. The molecule has 7 heteroatoms. The molecule has 0 fully saturated rings. The topological polar surface area (TPSA) is 78.1 Å². The molecule has 1 atom stereocenters. The SMILES string of the molecule is CCC(C)c1ccc(OCCCOc2c(C=NNC(N)=S)cccc2OC)cc1. The molecule has 0 heterocycles. The Hall–Kier alpha value is -2.80. The van der Waals surface area contributed by atoms with Gasteiger partial charge in [0.25, 0.3) is 0 Å². The molecule has 0 saturated carbocycles. The van der Waals surface area contributed by atoms with Crippen molar-refractivity contribution in [1.82, 2.24) is 5.43 Å². The average molecular weight is 416 g/mol. The number of hydrazone groups is 1. The molecule has 0 saturated heterocycles. The van der Waals surface area contributed by atoms with Gasteiger partial charge in [0, 0.05) is 12.0 Å². The summed E-state index contributed by atoms with van der Waals surface area (Å²) in [6.45, 7) is 5.46. The molecule has 3 N–H and O–H groups in total. The van der Waals surface area contributed by atoms with Gasteiger partial charge in [-0.05, 0) is 54.4 Å². The Morgan fingerprint density at radius 3 is 2.55 bits per heavy atom. The number of para-hydroxylation sites is 1. The van der Waals surface area contributed by atoms with Crippen LogP contribution in [0.5, 0.6) is 17.2 Å². The van der Waals surface area contributed by atoms with Gasteiger partial charge in [-0.1, -0.05) is 32.0 Å². The molecule has 0 spiro atoms. The number of hydrogen-bond donors (Lipinski definition) is 2. The van der Waals surface area contributed by atoms with Crippen molar-refractivity contribution >= 4 is 23.5 Å². The molecule has 29 heavy (non-hydrogen) atoms. The summed E-state index contributed by atoms with van der Waals surface area (Å²) in [6.07, 6.45) is 3.45. The summed E-state index contributed by atoms with van der Waals surface area (Å²) in [5.41, 5.74) is 10.00. The van der Waals surface area contributed by atoms with Gasteiger partial charge >= 0.3 is 0 Å². The Morgan fingerprint density at radius 2 is 1.90 bits per heavy atom. The van der Waals surface area contributed by atoms with Crippen LogP contribution < -0.4 is 25.4 Å². The highest BCUT2D eigenvalue weighted by molar-refractivity contribution is 7.80. The van der Waals surface area contributed by atoms with Crippen molar-refractivity contribution < 1.29 is 14.2 Å². The van der Waals surface area contributed by atoms with Crippen LogP contribution >= 0.6 is 12.2 Å². The molecule has 2 aromatic rings. The summed E-state index contributed by atoms with van der Waals surface area (Å²) in [5.74, 6) is 2.67. The highest BCUT2D eigenvalue weighted by atomic mass is 32.1. The van der Waals surface area contributed by atoms with Gasteiger partial charge in [0.1, 0.15) is 5.75 Å². The summed E-state index contributed by atoms with van der Waals surface area (Å²) in [5, 5.41) is 4.08. The minimum Gasteiger partial charge on any atom is -0.493 e. The van der Waals surface area contributed by atoms with Gasteiger partial charge in [-0.2, -0.15) is 5.10 Å². The lowest BCUT2D eigenvalue weighted by Gasteiger charge is -2.14. The maximum Gasteiger partial charge on any atom is 0.184 e. The van der Waals surface area contributed by atoms with Crippen LogP contribution in [0.25, 0.3) is 0 Å². The lowest BCUT2D eigenvalue weighted by atomic mass is 9.99. The van der Waals surface area contributed by atoms with Gasteiger partial charge < -0.3 is 19.9 Å². The van der Waals surface area contributed by atoms with E-state index in [9.17, 15) is 0 Å². The van der Waals surface area contributed by atoms with Gasteiger partial charge in [-0.3, -0.25) is 5.43 Å². The van der Waals surface area contributed by atoms with E-state index in [1.165, 1.54) is 5.56 Å². The van der Waals surface area contributed by atoms with Crippen LogP contribution in [-0.4, -0.2) is 31.7 Å². The van der Waals surface area contributed by atoms with E-state index in [1.807, 2.05) is 30.3 Å². The molecule has 156 valence electrons. The van der Waals surface area contributed by atoms with Crippen LogP contribution in [0.1, 0.15) is 43.7 Å². The maximum absolute atomic E-state index is 5.93. The van der Waals surface area contributed by atoms with Crippen molar-refractivity contribution in [2.45, 2.75) is 32.6 Å². The van der Waals surface area contributed by atoms with Crippen molar-refractivity contribution in [3.8, 4) is 17.2 Å². The number of nitrogens with one attached hydrogen (secondary N) is 1. The first-order valence-electron chi connectivity index (χ1n) is 9.66. The van der Waals surface area contributed by atoms with Crippen LogP contribution in [0.4, 0.5) is 0 Å². The predicted octanol–water partition coefficient (Wildman–Crippen LogP) is 4.22. The van der Waals surface area contributed by atoms with Gasteiger partial charge in [-0.15, -0.1) is 0 Å². The largest absolute Gasteiger partial charge is 0.493 e. The Balaban J connectivity index is 1.86. The zero-order valence-corrected chi connectivity index (χ0v) is 18.0. The molecule has 6 nitrogen and oxygen atoms in total. The molecule has 1 unspecified atom stereocenters. The summed E-state index contributed by atoms with van der Waals surface area (Å²) < 4.78 is 17.1. The number of thiocarbonyl (C=S) groups is 1. The van der Waals surface area contributed by atoms with Gasteiger partial charge in [0.2, 0.25) is 0 Å². The minimum absolute atomic E-state index is 0.0981. The second-order valence-corrected chi connectivity index (χ2v) is 6.98. The molecule has 0 aliphatic carbocycles. The fourth-order valence-corrected chi connectivity index (χ4v) is 2.72.